The van der Waals surface area contributed by atoms with E-state index >= 15 is 0 Å². The number of aromatic nitrogens is 2. The van der Waals surface area contributed by atoms with Crippen LogP contribution in [0.3, 0.4) is 0 Å². The summed E-state index contributed by atoms with van der Waals surface area (Å²) in [6.07, 6.45) is 3.55. The fourth-order valence-corrected chi connectivity index (χ4v) is 1.33. The molecule has 86 valence electrons. The van der Waals surface area contributed by atoms with Gasteiger partial charge in [0.25, 0.3) is 0 Å². The largest absolute Gasteiger partial charge is 0.259 e. The zero-order valence-corrected chi connectivity index (χ0v) is 9.67. The number of nitrogens with zero attached hydrogens (tertiary/aromatic N) is 3. The number of nitro groups is 1. The van der Waals surface area contributed by atoms with Crippen molar-refractivity contribution >= 4 is 6.08 Å². The minimum atomic E-state index is -0.350. The molecule has 0 aliphatic rings. The van der Waals surface area contributed by atoms with E-state index < -0.39 is 0 Å². The molecule has 0 saturated carbocycles. The number of aryl methyl sites for hydroxylation is 1. The van der Waals surface area contributed by atoms with Crippen LogP contribution in [0.2, 0.25) is 0 Å². The van der Waals surface area contributed by atoms with Crippen LogP contribution in [0.5, 0.6) is 0 Å². The molecule has 0 aliphatic carbocycles. The van der Waals surface area contributed by atoms with Crippen molar-refractivity contribution in [2.75, 3.05) is 0 Å². The van der Waals surface area contributed by atoms with Crippen LogP contribution in [0.4, 0.5) is 0 Å². The second-order valence-electron chi connectivity index (χ2n) is 4.02. The molecule has 0 amide bonds. The van der Waals surface area contributed by atoms with E-state index in [0.29, 0.717) is 17.9 Å². The standard InChI is InChI=1S/C11H15N3O2/c1-8(2)6-11(14(15)16)7-10-4-5-12-9(3)13-10/h4-5,7-8H,6H2,1-3H3/b11-7-. The molecule has 1 aromatic rings. The zero-order valence-electron chi connectivity index (χ0n) is 9.67. The summed E-state index contributed by atoms with van der Waals surface area (Å²) in [5, 5.41) is 10.8. The maximum absolute atomic E-state index is 10.8. The van der Waals surface area contributed by atoms with Gasteiger partial charge in [0.15, 0.2) is 0 Å². The van der Waals surface area contributed by atoms with E-state index in [1.165, 1.54) is 6.08 Å². The first-order valence-electron chi connectivity index (χ1n) is 5.13. The van der Waals surface area contributed by atoms with Crippen LogP contribution in [-0.2, 0) is 0 Å². The number of hydrogen-bond acceptors (Lipinski definition) is 4. The summed E-state index contributed by atoms with van der Waals surface area (Å²) in [4.78, 5) is 18.5. The summed E-state index contributed by atoms with van der Waals surface area (Å²) in [6, 6.07) is 1.66. The number of allylic oxidation sites excluding steroid dienone is 1. The minimum Gasteiger partial charge on any atom is -0.259 e. The van der Waals surface area contributed by atoms with Gasteiger partial charge in [0.1, 0.15) is 5.82 Å². The van der Waals surface area contributed by atoms with Crippen LogP contribution in [-0.4, -0.2) is 14.9 Å². The Hall–Kier alpha value is -1.78. The maximum Gasteiger partial charge on any atom is 0.248 e. The van der Waals surface area contributed by atoms with Crippen LogP contribution >= 0.6 is 0 Å². The van der Waals surface area contributed by atoms with E-state index in [-0.39, 0.29) is 16.5 Å². The second kappa shape index (κ2) is 5.34. The first-order valence-corrected chi connectivity index (χ1v) is 5.13. The fourth-order valence-electron chi connectivity index (χ4n) is 1.33. The van der Waals surface area contributed by atoms with Crippen molar-refractivity contribution in [3.8, 4) is 0 Å². The van der Waals surface area contributed by atoms with Crippen molar-refractivity contribution in [2.45, 2.75) is 27.2 Å². The topological polar surface area (TPSA) is 68.9 Å². The third-order valence-electron chi connectivity index (χ3n) is 1.96. The number of rotatable bonds is 4. The highest BCUT2D eigenvalue weighted by molar-refractivity contribution is 5.46. The molecule has 5 heteroatoms. The van der Waals surface area contributed by atoms with Crippen LogP contribution in [0.25, 0.3) is 6.08 Å². The van der Waals surface area contributed by atoms with Crippen molar-refractivity contribution in [3.05, 3.63) is 39.6 Å². The molecule has 1 heterocycles. The average molecular weight is 221 g/mol. The van der Waals surface area contributed by atoms with Crippen molar-refractivity contribution in [1.29, 1.82) is 0 Å². The molecule has 1 rings (SSSR count). The Bertz CT molecular complexity index is 413. The van der Waals surface area contributed by atoms with E-state index in [2.05, 4.69) is 9.97 Å². The highest BCUT2D eigenvalue weighted by Gasteiger charge is 2.13. The first-order chi connectivity index (χ1) is 7.49. The van der Waals surface area contributed by atoms with Crippen LogP contribution in [0.1, 0.15) is 31.8 Å². The Balaban J connectivity index is 2.97. The highest BCUT2D eigenvalue weighted by atomic mass is 16.6. The van der Waals surface area contributed by atoms with Gasteiger partial charge in [-0.05, 0) is 18.9 Å². The van der Waals surface area contributed by atoms with E-state index in [4.69, 9.17) is 0 Å². The summed E-state index contributed by atoms with van der Waals surface area (Å²) in [7, 11) is 0. The van der Waals surface area contributed by atoms with Gasteiger partial charge in [-0.25, -0.2) is 9.97 Å². The molecule has 0 fully saturated rings. The lowest BCUT2D eigenvalue weighted by Crippen LogP contribution is -2.03. The Morgan fingerprint density at radius 1 is 1.62 bits per heavy atom. The molecule has 0 aromatic carbocycles. The van der Waals surface area contributed by atoms with E-state index in [1.54, 1.807) is 19.2 Å². The van der Waals surface area contributed by atoms with Gasteiger partial charge in [0.2, 0.25) is 5.70 Å². The number of hydrogen-bond donors (Lipinski definition) is 0. The average Bonchev–Trinajstić information content (AvgIpc) is 2.15. The van der Waals surface area contributed by atoms with Crippen molar-refractivity contribution in [1.82, 2.24) is 9.97 Å². The normalized spacial score (nSPS) is 11.9. The Kier molecular flexibility index (Phi) is 4.10. The van der Waals surface area contributed by atoms with Gasteiger partial charge in [0, 0.05) is 18.7 Å². The third-order valence-corrected chi connectivity index (χ3v) is 1.96. The molecule has 0 spiro atoms. The molecule has 0 saturated heterocycles. The molecule has 1 aromatic heterocycles. The Morgan fingerprint density at radius 2 is 2.31 bits per heavy atom. The van der Waals surface area contributed by atoms with Gasteiger partial charge >= 0.3 is 0 Å². The second-order valence-corrected chi connectivity index (χ2v) is 4.02. The van der Waals surface area contributed by atoms with E-state index in [1.807, 2.05) is 13.8 Å². The zero-order chi connectivity index (χ0) is 12.1. The summed E-state index contributed by atoms with van der Waals surface area (Å²) >= 11 is 0. The molecule has 0 atom stereocenters. The van der Waals surface area contributed by atoms with Crippen LogP contribution < -0.4 is 0 Å². The lowest BCUT2D eigenvalue weighted by atomic mass is 10.1. The summed E-state index contributed by atoms with van der Waals surface area (Å²) < 4.78 is 0. The van der Waals surface area contributed by atoms with Crippen LogP contribution in [0.15, 0.2) is 18.0 Å². The molecular weight excluding hydrogens is 206 g/mol. The molecule has 0 N–H and O–H groups in total. The smallest absolute Gasteiger partial charge is 0.248 e. The van der Waals surface area contributed by atoms with E-state index in [9.17, 15) is 10.1 Å². The van der Waals surface area contributed by atoms with Crippen molar-refractivity contribution < 1.29 is 4.92 Å². The van der Waals surface area contributed by atoms with Crippen molar-refractivity contribution in [2.24, 2.45) is 5.92 Å². The fraction of sp³-hybridized carbons (Fsp3) is 0.455. The first kappa shape index (κ1) is 12.3. The maximum atomic E-state index is 10.8. The molecule has 0 aliphatic heterocycles. The summed E-state index contributed by atoms with van der Waals surface area (Å²) in [5.74, 6) is 0.862. The molecule has 16 heavy (non-hydrogen) atoms. The molecule has 5 nitrogen and oxygen atoms in total. The van der Waals surface area contributed by atoms with Crippen molar-refractivity contribution in [3.63, 3.8) is 0 Å². The predicted octanol–water partition coefficient (Wildman–Crippen LogP) is 2.45. The summed E-state index contributed by atoms with van der Waals surface area (Å²) in [5.41, 5.74) is 0.771. The molecule has 0 bridgehead atoms. The molecule has 0 radical (unpaired) electrons. The molecule has 0 unspecified atom stereocenters. The minimum absolute atomic E-state index is 0.188. The Labute approximate surface area is 94.4 Å². The SMILES string of the molecule is Cc1nccc(/C=C(/CC(C)C)[N+](=O)[O-])n1. The predicted molar refractivity (Wildman–Crippen MR) is 61.2 cm³/mol. The lowest BCUT2D eigenvalue weighted by Gasteiger charge is -2.02. The van der Waals surface area contributed by atoms with Gasteiger partial charge in [-0.15, -0.1) is 0 Å². The van der Waals surface area contributed by atoms with Gasteiger partial charge in [-0.3, -0.25) is 10.1 Å². The van der Waals surface area contributed by atoms with Gasteiger partial charge in [-0.1, -0.05) is 13.8 Å². The van der Waals surface area contributed by atoms with Gasteiger partial charge in [0.05, 0.1) is 10.6 Å². The Morgan fingerprint density at radius 3 is 2.81 bits per heavy atom. The summed E-state index contributed by atoms with van der Waals surface area (Å²) in [6.45, 7) is 5.65. The monoisotopic (exact) mass is 221 g/mol. The lowest BCUT2D eigenvalue weighted by molar-refractivity contribution is -0.427. The quantitative estimate of drug-likeness (QED) is 0.578. The highest BCUT2D eigenvalue weighted by Crippen LogP contribution is 2.14. The van der Waals surface area contributed by atoms with Crippen LogP contribution in [0, 0.1) is 23.0 Å². The third kappa shape index (κ3) is 3.76. The molecular formula is C11H15N3O2. The van der Waals surface area contributed by atoms with E-state index in [0.717, 1.165) is 0 Å². The van der Waals surface area contributed by atoms with Gasteiger partial charge in [-0.2, -0.15) is 0 Å². The van der Waals surface area contributed by atoms with Gasteiger partial charge < -0.3 is 0 Å².